The molecule has 0 aliphatic rings. The number of carbonyl (C=O) groups excluding carboxylic acids is 1. The summed E-state index contributed by atoms with van der Waals surface area (Å²) in [6.45, 7) is 0.900. The monoisotopic (exact) mass is 403 g/mol. The summed E-state index contributed by atoms with van der Waals surface area (Å²) in [5.41, 5.74) is 0.0477. The number of hydrogen-bond acceptors (Lipinski definition) is 4. The van der Waals surface area contributed by atoms with E-state index in [4.69, 9.17) is 27.0 Å². The van der Waals surface area contributed by atoms with E-state index in [1.54, 1.807) is 7.11 Å². The summed E-state index contributed by atoms with van der Waals surface area (Å²) in [6.07, 6.45) is 0.636. The van der Waals surface area contributed by atoms with E-state index in [1.165, 1.54) is 6.07 Å². The molecule has 1 N–H and O–H groups in total. The van der Waals surface area contributed by atoms with Crippen molar-refractivity contribution in [2.75, 3.05) is 20.3 Å². The minimum absolute atomic E-state index is 0.0477. The van der Waals surface area contributed by atoms with Gasteiger partial charge in [0.25, 0.3) is 15.0 Å². The van der Waals surface area contributed by atoms with Crippen molar-refractivity contribution in [3.63, 3.8) is 0 Å². The van der Waals surface area contributed by atoms with E-state index >= 15 is 0 Å². The van der Waals surface area contributed by atoms with Crippen LogP contribution in [0.15, 0.2) is 21.5 Å². The van der Waals surface area contributed by atoms with Crippen LogP contribution in [0.2, 0.25) is 5.02 Å². The molecule has 0 spiro atoms. The molecule has 0 saturated carbocycles. The van der Waals surface area contributed by atoms with E-state index in [1.807, 2.05) is 0 Å². The molecule has 1 amide bonds. The molecule has 0 aliphatic carbocycles. The van der Waals surface area contributed by atoms with Crippen molar-refractivity contribution in [2.45, 2.75) is 11.3 Å². The molecule has 0 fully saturated rings. The molecule has 1 aromatic rings. The summed E-state index contributed by atoms with van der Waals surface area (Å²) in [7, 11) is 2.88. The Morgan fingerprint density at radius 2 is 2.10 bits per heavy atom. The zero-order valence-corrected chi connectivity index (χ0v) is 14.4. The minimum Gasteiger partial charge on any atom is -0.385 e. The second-order valence-corrected chi connectivity index (χ2v) is 7.60. The van der Waals surface area contributed by atoms with Crippen LogP contribution < -0.4 is 5.32 Å². The first kappa shape index (κ1) is 17.7. The molecule has 0 aliphatic heterocycles. The van der Waals surface area contributed by atoms with Crippen LogP contribution in [0.25, 0.3) is 0 Å². The van der Waals surface area contributed by atoms with Gasteiger partial charge in [0.15, 0.2) is 0 Å². The Hall–Kier alpha value is -0.340. The average Bonchev–Trinajstić information content (AvgIpc) is 2.32. The van der Waals surface area contributed by atoms with Crippen molar-refractivity contribution in [2.24, 2.45) is 0 Å². The molecule has 0 saturated heterocycles. The van der Waals surface area contributed by atoms with Gasteiger partial charge in [-0.15, -0.1) is 0 Å². The summed E-state index contributed by atoms with van der Waals surface area (Å²) in [5, 5.41) is 2.75. The Balaban J connectivity index is 2.98. The zero-order valence-electron chi connectivity index (χ0n) is 10.5. The maximum absolute atomic E-state index is 11.9. The highest BCUT2D eigenvalue weighted by molar-refractivity contribution is 9.10. The largest absolute Gasteiger partial charge is 0.385 e. The van der Waals surface area contributed by atoms with Crippen LogP contribution in [0.1, 0.15) is 16.8 Å². The lowest BCUT2D eigenvalue weighted by molar-refractivity contribution is 0.0948. The van der Waals surface area contributed by atoms with E-state index in [-0.39, 0.29) is 20.0 Å². The van der Waals surface area contributed by atoms with E-state index in [2.05, 4.69) is 21.2 Å². The molecule has 112 valence electrons. The maximum atomic E-state index is 11.9. The molecule has 0 unspecified atom stereocenters. The Labute approximate surface area is 135 Å². The standard InChI is InChI=1S/C11H12BrCl2NO4S/c1-19-4-2-3-15-11(16)7-5-10(20(14,17)18)8(12)6-9(7)13/h5-6H,2-4H2,1H3,(H,15,16). The molecule has 0 heterocycles. The average molecular weight is 405 g/mol. The number of benzene rings is 1. The van der Waals surface area contributed by atoms with E-state index in [0.29, 0.717) is 19.6 Å². The van der Waals surface area contributed by atoms with Gasteiger partial charge < -0.3 is 10.1 Å². The van der Waals surface area contributed by atoms with Gasteiger partial charge in [0.2, 0.25) is 0 Å². The van der Waals surface area contributed by atoms with E-state index in [9.17, 15) is 13.2 Å². The van der Waals surface area contributed by atoms with Crippen LogP contribution in [-0.2, 0) is 13.8 Å². The molecular formula is C11H12BrCl2NO4S. The summed E-state index contributed by atoms with van der Waals surface area (Å²) < 4.78 is 27.8. The maximum Gasteiger partial charge on any atom is 0.262 e. The Kier molecular flexibility index (Phi) is 6.74. The number of amides is 1. The fourth-order valence-corrected chi connectivity index (χ4v) is 3.98. The Morgan fingerprint density at radius 1 is 1.45 bits per heavy atom. The van der Waals surface area contributed by atoms with Crippen molar-refractivity contribution in [1.29, 1.82) is 0 Å². The second-order valence-electron chi connectivity index (χ2n) is 3.80. The number of methoxy groups -OCH3 is 1. The number of ether oxygens (including phenoxy) is 1. The molecule has 0 radical (unpaired) electrons. The predicted octanol–water partition coefficient (Wildman–Crippen LogP) is 2.80. The second kappa shape index (κ2) is 7.61. The molecule has 5 nitrogen and oxygen atoms in total. The smallest absolute Gasteiger partial charge is 0.262 e. The first-order valence-electron chi connectivity index (χ1n) is 5.48. The lowest BCUT2D eigenvalue weighted by atomic mass is 10.2. The van der Waals surface area contributed by atoms with Gasteiger partial charge in [0, 0.05) is 35.4 Å². The van der Waals surface area contributed by atoms with Gasteiger partial charge in [0.1, 0.15) is 0 Å². The van der Waals surface area contributed by atoms with E-state index in [0.717, 1.165) is 6.07 Å². The van der Waals surface area contributed by atoms with Crippen LogP contribution in [0.4, 0.5) is 0 Å². The quantitative estimate of drug-likeness (QED) is 0.584. The van der Waals surface area contributed by atoms with Gasteiger partial charge in [-0.05, 0) is 34.5 Å². The van der Waals surface area contributed by atoms with Crippen LogP contribution in [0, 0.1) is 0 Å². The van der Waals surface area contributed by atoms with Crippen LogP contribution in [0.5, 0.6) is 0 Å². The molecule has 0 bridgehead atoms. The molecule has 0 aromatic heterocycles. The number of hydrogen-bond donors (Lipinski definition) is 1. The number of halogens is 3. The van der Waals surface area contributed by atoms with Gasteiger partial charge in [-0.2, -0.15) is 0 Å². The fourth-order valence-electron chi connectivity index (χ4n) is 1.40. The van der Waals surface area contributed by atoms with Gasteiger partial charge in [0.05, 0.1) is 15.5 Å². The van der Waals surface area contributed by atoms with Gasteiger partial charge in [-0.3, -0.25) is 4.79 Å². The molecule has 20 heavy (non-hydrogen) atoms. The lowest BCUT2D eigenvalue weighted by Crippen LogP contribution is -2.25. The zero-order chi connectivity index (χ0) is 15.3. The first-order valence-corrected chi connectivity index (χ1v) is 8.96. The molecule has 1 rings (SSSR count). The highest BCUT2D eigenvalue weighted by atomic mass is 79.9. The van der Waals surface area contributed by atoms with Crippen molar-refractivity contribution >= 4 is 53.2 Å². The van der Waals surface area contributed by atoms with Gasteiger partial charge in [-0.25, -0.2) is 8.42 Å². The highest BCUT2D eigenvalue weighted by Crippen LogP contribution is 2.30. The Bertz CT molecular complexity index is 607. The lowest BCUT2D eigenvalue weighted by Gasteiger charge is -2.09. The number of rotatable bonds is 6. The van der Waals surface area contributed by atoms with Crippen molar-refractivity contribution in [1.82, 2.24) is 5.32 Å². The van der Waals surface area contributed by atoms with Crippen molar-refractivity contribution in [3.8, 4) is 0 Å². The molecular weight excluding hydrogens is 393 g/mol. The third-order valence-electron chi connectivity index (χ3n) is 2.34. The van der Waals surface area contributed by atoms with Crippen LogP contribution in [-0.4, -0.2) is 34.6 Å². The van der Waals surface area contributed by atoms with Crippen LogP contribution in [0.3, 0.4) is 0 Å². The summed E-state index contributed by atoms with van der Waals surface area (Å²) in [6, 6.07) is 2.46. The fraction of sp³-hybridized carbons (Fsp3) is 0.364. The third-order valence-corrected chi connectivity index (χ3v) is 4.93. The summed E-state index contributed by atoms with van der Waals surface area (Å²) >= 11 is 8.98. The van der Waals surface area contributed by atoms with Gasteiger partial charge >= 0.3 is 0 Å². The summed E-state index contributed by atoms with van der Waals surface area (Å²) in [4.78, 5) is 11.7. The topological polar surface area (TPSA) is 72.5 Å². The summed E-state index contributed by atoms with van der Waals surface area (Å²) in [5.74, 6) is -0.472. The molecule has 0 atom stereocenters. The molecule has 9 heteroatoms. The SMILES string of the molecule is COCCCNC(=O)c1cc(S(=O)(=O)Cl)c(Br)cc1Cl. The van der Waals surface area contributed by atoms with Crippen molar-refractivity contribution < 1.29 is 17.9 Å². The highest BCUT2D eigenvalue weighted by Gasteiger charge is 2.20. The van der Waals surface area contributed by atoms with E-state index < -0.39 is 15.0 Å². The van der Waals surface area contributed by atoms with Gasteiger partial charge in [-0.1, -0.05) is 11.6 Å². The normalized spacial score (nSPS) is 11.4. The number of nitrogens with one attached hydrogen (secondary N) is 1. The predicted molar refractivity (Wildman–Crippen MR) is 81.0 cm³/mol. The van der Waals surface area contributed by atoms with Crippen LogP contribution >= 0.6 is 38.2 Å². The minimum atomic E-state index is -3.97. The third kappa shape index (κ3) is 4.89. The Morgan fingerprint density at radius 3 is 2.65 bits per heavy atom. The molecule has 1 aromatic carbocycles. The first-order chi connectivity index (χ1) is 9.27. The number of carbonyl (C=O) groups is 1. The van der Waals surface area contributed by atoms with Crippen molar-refractivity contribution in [3.05, 3.63) is 27.2 Å².